The number of aromatic nitrogens is 4. The molecule has 0 atom stereocenters. The zero-order chi connectivity index (χ0) is 11.5. The number of nitrogens with zero attached hydrogens (tertiary/aromatic N) is 3. The molecule has 0 amide bonds. The van der Waals surface area contributed by atoms with Crippen LogP contribution in [0.4, 0.5) is 5.82 Å². The van der Waals surface area contributed by atoms with Gasteiger partial charge in [-0.3, -0.25) is 5.10 Å². The second-order valence-corrected chi connectivity index (χ2v) is 3.82. The molecule has 0 aliphatic heterocycles. The molecule has 2 rings (SSSR count). The van der Waals surface area contributed by atoms with E-state index in [1.54, 1.807) is 0 Å². The van der Waals surface area contributed by atoms with Crippen LogP contribution in [0.25, 0.3) is 0 Å². The highest BCUT2D eigenvalue weighted by atomic mass is 15.1. The first kappa shape index (κ1) is 10.6. The lowest BCUT2D eigenvalue weighted by molar-refractivity contribution is 0.988. The monoisotopic (exact) mass is 217 g/mol. The normalized spacial score (nSPS) is 10.4. The van der Waals surface area contributed by atoms with Crippen molar-refractivity contribution < 1.29 is 0 Å². The Morgan fingerprint density at radius 1 is 1.25 bits per heavy atom. The van der Waals surface area contributed by atoms with Crippen molar-refractivity contribution in [3.63, 3.8) is 0 Å². The third kappa shape index (κ3) is 2.36. The molecule has 0 aliphatic rings. The minimum Gasteiger partial charge on any atom is -0.366 e. The molecule has 0 saturated carbocycles. The molecule has 0 bridgehead atoms. The Kier molecular flexibility index (Phi) is 2.85. The minimum absolute atomic E-state index is 0.720. The fourth-order valence-corrected chi connectivity index (χ4v) is 1.55. The summed E-state index contributed by atoms with van der Waals surface area (Å²) in [5.41, 5.74) is 3.20. The van der Waals surface area contributed by atoms with E-state index in [0.717, 1.165) is 35.1 Å². The van der Waals surface area contributed by atoms with Gasteiger partial charge in [0.25, 0.3) is 0 Å². The molecule has 16 heavy (non-hydrogen) atoms. The zero-order valence-electron chi connectivity index (χ0n) is 9.70. The molecule has 0 radical (unpaired) electrons. The average Bonchev–Trinajstić information content (AvgIpc) is 2.59. The van der Waals surface area contributed by atoms with Gasteiger partial charge in [0.15, 0.2) is 0 Å². The molecule has 2 N–H and O–H groups in total. The molecule has 0 aromatic carbocycles. The number of H-pyrrole nitrogens is 1. The van der Waals surface area contributed by atoms with Gasteiger partial charge >= 0.3 is 0 Å². The van der Waals surface area contributed by atoms with Crippen LogP contribution in [0.5, 0.6) is 0 Å². The van der Waals surface area contributed by atoms with Crippen LogP contribution in [0.15, 0.2) is 12.3 Å². The second kappa shape index (κ2) is 4.30. The number of anilines is 1. The lowest BCUT2D eigenvalue weighted by Crippen LogP contribution is -2.04. The fraction of sp³-hybridized carbons (Fsp3) is 0.364. The summed E-state index contributed by atoms with van der Waals surface area (Å²) in [6, 6.07) is 1.93. The quantitative estimate of drug-likeness (QED) is 0.821. The lowest BCUT2D eigenvalue weighted by Gasteiger charge is -2.06. The molecule has 0 aliphatic carbocycles. The highest BCUT2D eigenvalue weighted by Crippen LogP contribution is 2.09. The minimum atomic E-state index is 0.720. The molecule has 84 valence electrons. The Balaban J connectivity index is 2.07. The Labute approximate surface area is 94.3 Å². The van der Waals surface area contributed by atoms with Crippen LogP contribution in [0.2, 0.25) is 0 Å². The highest BCUT2D eigenvalue weighted by Gasteiger charge is 2.02. The van der Waals surface area contributed by atoms with E-state index in [-0.39, 0.29) is 0 Å². The topological polar surface area (TPSA) is 66.5 Å². The van der Waals surface area contributed by atoms with Crippen molar-refractivity contribution in [1.82, 2.24) is 20.2 Å². The van der Waals surface area contributed by atoms with Crippen molar-refractivity contribution >= 4 is 5.82 Å². The second-order valence-electron chi connectivity index (χ2n) is 3.82. The van der Waals surface area contributed by atoms with Gasteiger partial charge in [0.1, 0.15) is 11.6 Å². The van der Waals surface area contributed by atoms with Crippen LogP contribution < -0.4 is 5.32 Å². The van der Waals surface area contributed by atoms with Gasteiger partial charge in [-0.05, 0) is 20.8 Å². The third-order valence-corrected chi connectivity index (χ3v) is 2.36. The van der Waals surface area contributed by atoms with Gasteiger partial charge in [-0.1, -0.05) is 0 Å². The van der Waals surface area contributed by atoms with E-state index in [9.17, 15) is 0 Å². The summed E-state index contributed by atoms with van der Waals surface area (Å²) in [5, 5.41) is 10.1. The standard InChI is InChI=1S/C11H15N5/c1-7-4-11(15-9(3)14-7)12-5-10-6-13-16-8(10)2/h4,6H,5H2,1-3H3,(H,13,16)(H,12,14,15). The van der Waals surface area contributed by atoms with Crippen LogP contribution in [-0.4, -0.2) is 20.2 Å². The van der Waals surface area contributed by atoms with E-state index in [0.29, 0.717) is 0 Å². The third-order valence-electron chi connectivity index (χ3n) is 2.36. The molecule has 2 heterocycles. The Hall–Kier alpha value is -1.91. The van der Waals surface area contributed by atoms with Crippen molar-refractivity contribution in [2.75, 3.05) is 5.32 Å². The van der Waals surface area contributed by atoms with Crippen molar-refractivity contribution in [2.45, 2.75) is 27.3 Å². The highest BCUT2D eigenvalue weighted by molar-refractivity contribution is 5.37. The van der Waals surface area contributed by atoms with Gasteiger partial charge < -0.3 is 5.32 Å². The number of hydrogen-bond donors (Lipinski definition) is 2. The van der Waals surface area contributed by atoms with Crippen LogP contribution in [-0.2, 0) is 6.54 Å². The molecule has 5 heteroatoms. The van der Waals surface area contributed by atoms with Crippen LogP contribution in [0, 0.1) is 20.8 Å². The molecule has 2 aromatic rings. The van der Waals surface area contributed by atoms with E-state index < -0.39 is 0 Å². The SMILES string of the molecule is Cc1cc(NCc2cn[nH]c2C)nc(C)n1. The first-order chi connectivity index (χ1) is 7.65. The maximum atomic E-state index is 4.31. The number of nitrogens with one attached hydrogen (secondary N) is 2. The average molecular weight is 217 g/mol. The number of rotatable bonds is 3. The lowest BCUT2D eigenvalue weighted by atomic mass is 10.2. The van der Waals surface area contributed by atoms with E-state index in [1.807, 2.05) is 33.0 Å². The van der Waals surface area contributed by atoms with Crippen LogP contribution in [0.1, 0.15) is 22.8 Å². The summed E-state index contributed by atoms with van der Waals surface area (Å²) >= 11 is 0. The van der Waals surface area contributed by atoms with Gasteiger partial charge in [-0.15, -0.1) is 0 Å². The predicted octanol–water partition coefficient (Wildman–Crippen LogP) is 1.74. The Morgan fingerprint density at radius 3 is 2.69 bits per heavy atom. The van der Waals surface area contributed by atoms with Gasteiger partial charge in [0.05, 0.1) is 6.20 Å². The maximum absolute atomic E-state index is 4.31. The largest absolute Gasteiger partial charge is 0.366 e. The molecule has 2 aromatic heterocycles. The first-order valence-corrected chi connectivity index (χ1v) is 5.20. The van der Waals surface area contributed by atoms with E-state index >= 15 is 0 Å². The van der Waals surface area contributed by atoms with Crippen molar-refractivity contribution in [2.24, 2.45) is 0 Å². The molecular weight excluding hydrogens is 202 g/mol. The maximum Gasteiger partial charge on any atom is 0.130 e. The molecular formula is C11H15N5. The summed E-state index contributed by atoms with van der Waals surface area (Å²) in [6.45, 7) is 6.57. The van der Waals surface area contributed by atoms with Crippen molar-refractivity contribution in [3.05, 3.63) is 35.0 Å². The molecule has 0 saturated heterocycles. The smallest absolute Gasteiger partial charge is 0.130 e. The zero-order valence-corrected chi connectivity index (χ0v) is 9.70. The number of hydrogen-bond acceptors (Lipinski definition) is 4. The fourth-order valence-electron chi connectivity index (χ4n) is 1.55. The molecule has 5 nitrogen and oxygen atoms in total. The van der Waals surface area contributed by atoms with Gasteiger partial charge in [-0.2, -0.15) is 5.10 Å². The van der Waals surface area contributed by atoms with Gasteiger partial charge in [0.2, 0.25) is 0 Å². The van der Waals surface area contributed by atoms with Crippen LogP contribution >= 0.6 is 0 Å². The van der Waals surface area contributed by atoms with Crippen molar-refractivity contribution in [1.29, 1.82) is 0 Å². The number of aryl methyl sites for hydroxylation is 3. The first-order valence-electron chi connectivity index (χ1n) is 5.20. The van der Waals surface area contributed by atoms with Crippen molar-refractivity contribution in [3.8, 4) is 0 Å². The molecule has 0 spiro atoms. The Bertz CT molecular complexity index is 469. The van der Waals surface area contributed by atoms with Gasteiger partial charge in [0, 0.05) is 29.6 Å². The van der Waals surface area contributed by atoms with E-state index in [4.69, 9.17) is 0 Å². The summed E-state index contributed by atoms with van der Waals surface area (Å²) in [7, 11) is 0. The summed E-state index contributed by atoms with van der Waals surface area (Å²) in [5.74, 6) is 1.64. The summed E-state index contributed by atoms with van der Waals surface area (Å²) in [6.07, 6.45) is 1.82. The predicted molar refractivity (Wildman–Crippen MR) is 62.2 cm³/mol. The Morgan fingerprint density at radius 2 is 2.06 bits per heavy atom. The molecule has 0 fully saturated rings. The van der Waals surface area contributed by atoms with E-state index in [2.05, 4.69) is 25.5 Å². The van der Waals surface area contributed by atoms with Crippen LogP contribution in [0.3, 0.4) is 0 Å². The summed E-state index contributed by atoms with van der Waals surface area (Å²) < 4.78 is 0. The van der Waals surface area contributed by atoms with E-state index in [1.165, 1.54) is 0 Å². The number of aromatic amines is 1. The molecule has 0 unspecified atom stereocenters. The summed E-state index contributed by atoms with van der Waals surface area (Å²) in [4.78, 5) is 8.54. The van der Waals surface area contributed by atoms with Gasteiger partial charge in [-0.25, -0.2) is 9.97 Å².